The standard InChI is InChI=1S/C59H74F2N8O7/c1-58(20-25-65(26-21-58)37-50(70)66-27-29-68(30-28-66)55(73)47-31-38(16-17-48(47)60)32-49-44-12-5-6-13-45(44)54(72)64-63-49)76-42-18-23-67(24-19-42)56(74)52(40-9-3-2-4-10-40)62-53(71)46-15-7-14-43(51(46)61)41-11-8-22-69(36-41)57(75)59-33-39(34-59)35-59/h5-7,12-17,31,39-42,52,57,75H,2-4,8-11,18-30,32-37H2,1H3,(H,62,71)(H,64,72)/t39?,41?,52-,57?,59?/m1/s1. The SMILES string of the molecule is CC1(OC2CCN(C(=O)[C@H](NC(=O)c3cccc(C4CCCN(C(O)C56CC(C5)C6)C4)c3F)C3CCCCC3)CC2)CCN(CC(=O)N2CCN(C(=O)c3cc(Cc4n[nH]c(=O)c5ccccc45)ccc3F)CC2)CC1. The van der Waals surface area contributed by atoms with Crippen molar-refractivity contribution in [1.82, 2.24) is 40.0 Å². The molecule has 4 aliphatic carbocycles. The first-order chi connectivity index (χ1) is 36.7. The number of fused-ring (bicyclic) bond motifs is 1. The number of likely N-dealkylation sites (tertiary alicyclic amines) is 3. The number of aliphatic hydroxyl groups excluding tert-OH is 1. The summed E-state index contributed by atoms with van der Waals surface area (Å²) < 4.78 is 38.5. The molecule has 8 fully saturated rings. The Morgan fingerprint density at radius 2 is 1.50 bits per heavy atom. The van der Waals surface area contributed by atoms with Crippen LogP contribution in [0.3, 0.4) is 0 Å². The first-order valence-electron chi connectivity index (χ1n) is 28.3. The van der Waals surface area contributed by atoms with Gasteiger partial charge >= 0.3 is 0 Å². The summed E-state index contributed by atoms with van der Waals surface area (Å²) >= 11 is 0. The van der Waals surface area contributed by atoms with E-state index in [9.17, 15) is 29.1 Å². The molecule has 0 radical (unpaired) electrons. The van der Waals surface area contributed by atoms with Crippen molar-refractivity contribution in [3.05, 3.63) is 111 Å². The second-order valence-electron chi connectivity index (χ2n) is 23.7. The minimum atomic E-state index is -0.744. The molecule has 17 heteroatoms. The van der Waals surface area contributed by atoms with E-state index in [1.54, 1.807) is 46.2 Å². The Balaban J connectivity index is 0.632. The maximum atomic E-state index is 16.5. The number of benzene rings is 3. The summed E-state index contributed by atoms with van der Waals surface area (Å²) in [6.07, 6.45) is 12.2. The molecule has 8 aliphatic rings. The lowest BCUT2D eigenvalue weighted by molar-refractivity contribution is -0.235. The summed E-state index contributed by atoms with van der Waals surface area (Å²) in [5.74, 6) is -1.64. The number of ether oxygens (including phenoxy) is 1. The smallest absolute Gasteiger partial charge is 0.272 e. The molecule has 3 atom stereocenters. The Bertz CT molecular complexity index is 2850. The fourth-order valence-corrected chi connectivity index (χ4v) is 13.9. The van der Waals surface area contributed by atoms with Crippen LogP contribution in [0.4, 0.5) is 8.78 Å². The van der Waals surface area contributed by atoms with Crippen molar-refractivity contribution in [1.29, 1.82) is 0 Å². The summed E-state index contributed by atoms with van der Waals surface area (Å²) in [6.45, 7) is 7.40. The van der Waals surface area contributed by atoms with Crippen LogP contribution in [0.2, 0.25) is 0 Å². The summed E-state index contributed by atoms with van der Waals surface area (Å²) in [7, 11) is 0. The molecule has 4 aromatic rings. The van der Waals surface area contributed by atoms with E-state index in [1.807, 2.05) is 17.0 Å². The highest BCUT2D eigenvalue weighted by atomic mass is 19.1. The van der Waals surface area contributed by atoms with Crippen LogP contribution in [-0.4, -0.2) is 159 Å². The average Bonchev–Trinajstić information content (AvgIpc) is 3.41. The highest BCUT2D eigenvalue weighted by Gasteiger charge is 2.61. The Morgan fingerprint density at radius 3 is 2.21 bits per heavy atom. The lowest BCUT2D eigenvalue weighted by Crippen LogP contribution is -2.64. The molecule has 0 spiro atoms. The molecule has 1 aromatic heterocycles. The third-order valence-electron chi connectivity index (χ3n) is 18.6. The number of carbonyl (C=O) groups excluding carboxylic acids is 4. The molecule has 3 N–H and O–H groups in total. The summed E-state index contributed by atoms with van der Waals surface area (Å²) in [4.78, 5) is 77.6. The number of nitrogens with one attached hydrogen (secondary N) is 2. The van der Waals surface area contributed by atoms with Gasteiger partial charge < -0.3 is 29.9 Å². The van der Waals surface area contributed by atoms with E-state index in [1.165, 1.54) is 12.1 Å². The molecule has 4 saturated carbocycles. The van der Waals surface area contributed by atoms with Crippen molar-refractivity contribution < 1.29 is 37.8 Å². The van der Waals surface area contributed by atoms with Gasteiger partial charge in [0.05, 0.1) is 40.5 Å². The van der Waals surface area contributed by atoms with Crippen LogP contribution in [0.5, 0.6) is 0 Å². The van der Waals surface area contributed by atoms with Crippen molar-refractivity contribution in [2.45, 2.75) is 133 Å². The van der Waals surface area contributed by atoms with Gasteiger partial charge in [0.1, 0.15) is 23.9 Å². The van der Waals surface area contributed by atoms with E-state index in [0.29, 0.717) is 92.7 Å². The molecule has 2 unspecified atom stereocenters. The highest BCUT2D eigenvalue weighted by molar-refractivity contribution is 5.98. The van der Waals surface area contributed by atoms with Crippen LogP contribution in [0.15, 0.2) is 65.5 Å². The molecule has 4 saturated heterocycles. The van der Waals surface area contributed by atoms with Gasteiger partial charge in [0.25, 0.3) is 17.4 Å². The number of aromatic nitrogens is 2. The number of aliphatic hydroxyl groups is 1. The van der Waals surface area contributed by atoms with Gasteiger partial charge in [-0.25, -0.2) is 13.9 Å². The van der Waals surface area contributed by atoms with Gasteiger partial charge in [0, 0.05) is 82.7 Å². The van der Waals surface area contributed by atoms with Crippen molar-refractivity contribution >= 4 is 34.4 Å². The monoisotopic (exact) mass is 1040 g/mol. The van der Waals surface area contributed by atoms with Crippen LogP contribution in [0.25, 0.3) is 10.8 Å². The van der Waals surface area contributed by atoms with Gasteiger partial charge in [-0.05, 0) is 131 Å². The second-order valence-corrected chi connectivity index (χ2v) is 23.7. The van der Waals surface area contributed by atoms with Gasteiger partial charge in [-0.3, -0.25) is 33.8 Å². The maximum absolute atomic E-state index is 16.5. The molecule has 15 nitrogen and oxygen atoms in total. The number of halogens is 2. The van der Waals surface area contributed by atoms with E-state index in [0.717, 1.165) is 89.5 Å². The Morgan fingerprint density at radius 1 is 0.789 bits per heavy atom. The fourth-order valence-electron chi connectivity index (χ4n) is 13.9. The van der Waals surface area contributed by atoms with Crippen LogP contribution in [0, 0.1) is 28.9 Å². The maximum Gasteiger partial charge on any atom is 0.272 e. The fraction of sp³-hybridized carbons (Fsp3) is 0.593. The van der Waals surface area contributed by atoms with Crippen molar-refractivity contribution in [3.8, 4) is 0 Å². The Labute approximate surface area is 443 Å². The first-order valence-corrected chi connectivity index (χ1v) is 28.3. The van der Waals surface area contributed by atoms with E-state index in [4.69, 9.17) is 4.74 Å². The quantitative estimate of drug-likeness (QED) is 0.125. The van der Waals surface area contributed by atoms with Gasteiger partial charge in [-0.15, -0.1) is 0 Å². The molecule has 4 aliphatic heterocycles. The van der Waals surface area contributed by atoms with Crippen molar-refractivity contribution in [3.63, 3.8) is 0 Å². The molecular formula is C59H74F2N8O7. The molecule has 5 heterocycles. The van der Waals surface area contributed by atoms with Crippen LogP contribution < -0.4 is 10.9 Å². The van der Waals surface area contributed by atoms with Crippen LogP contribution in [-0.2, 0) is 20.7 Å². The van der Waals surface area contributed by atoms with Gasteiger partial charge in [-0.1, -0.05) is 55.7 Å². The molecule has 2 bridgehead atoms. The number of hydrogen-bond donors (Lipinski definition) is 3. The van der Waals surface area contributed by atoms with Gasteiger partial charge in [0.2, 0.25) is 11.8 Å². The highest BCUT2D eigenvalue weighted by Crippen LogP contribution is 2.66. The number of amides is 4. The number of piperazine rings is 1. The lowest BCUT2D eigenvalue weighted by atomic mass is 9.43. The number of H-pyrrole nitrogens is 1. The second kappa shape index (κ2) is 22.0. The van der Waals surface area contributed by atoms with Crippen LogP contribution >= 0.6 is 0 Å². The molecule has 76 heavy (non-hydrogen) atoms. The van der Waals surface area contributed by atoms with E-state index in [-0.39, 0.29) is 77.1 Å². The van der Waals surface area contributed by atoms with E-state index < -0.39 is 35.7 Å². The summed E-state index contributed by atoms with van der Waals surface area (Å²) in [6, 6.07) is 15.9. The largest absolute Gasteiger partial charge is 0.378 e. The van der Waals surface area contributed by atoms with Crippen molar-refractivity contribution in [2.24, 2.45) is 17.3 Å². The van der Waals surface area contributed by atoms with E-state index in [2.05, 4.69) is 32.2 Å². The first kappa shape index (κ1) is 52.4. The number of piperidine rings is 3. The van der Waals surface area contributed by atoms with Crippen molar-refractivity contribution in [2.75, 3.05) is 72.0 Å². The summed E-state index contributed by atoms with van der Waals surface area (Å²) in [5, 5.41) is 22.3. The Kier molecular flexibility index (Phi) is 15.2. The topological polar surface area (TPSA) is 172 Å². The molecule has 3 aromatic carbocycles. The average molecular weight is 1050 g/mol. The number of hydrogen-bond acceptors (Lipinski definition) is 10. The lowest BCUT2D eigenvalue weighted by Gasteiger charge is -2.65. The number of nitrogens with zero attached hydrogens (tertiary/aromatic N) is 6. The number of rotatable bonds is 14. The predicted molar refractivity (Wildman–Crippen MR) is 282 cm³/mol. The van der Waals surface area contributed by atoms with Gasteiger partial charge in [-0.2, -0.15) is 5.10 Å². The summed E-state index contributed by atoms with van der Waals surface area (Å²) in [5.41, 5.74) is 1.07. The predicted octanol–water partition coefficient (Wildman–Crippen LogP) is 6.62. The minimum absolute atomic E-state index is 0.00803. The molecule has 4 amide bonds. The normalized spacial score (nSPS) is 25.3. The molecule has 406 valence electrons. The van der Waals surface area contributed by atoms with Crippen LogP contribution in [0.1, 0.15) is 140 Å². The zero-order chi connectivity index (χ0) is 52.7. The molecular weight excluding hydrogens is 971 g/mol. The zero-order valence-electron chi connectivity index (χ0n) is 44.0. The van der Waals surface area contributed by atoms with Gasteiger partial charge in [0.15, 0.2) is 0 Å². The molecule has 12 rings (SSSR count). The number of carbonyl (C=O) groups is 4. The Hall–Kier alpha value is -5.62. The zero-order valence-corrected chi connectivity index (χ0v) is 44.0. The van der Waals surface area contributed by atoms with E-state index >= 15 is 8.78 Å². The third kappa shape index (κ3) is 10.8. The third-order valence-corrected chi connectivity index (χ3v) is 18.6. The minimum Gasteiger partial charge on any atom is -0.378 e. The number of aromatic amines is 1.